The van der Waals surface area contributed by atoms with E-state index in [1.54, 1.807) is 0 Å². The number of hydrogen-bond acceptors (Lipinski definition) is 3. The molecule has 3 rings (SSSR count). The number of alkyl halides is 3. The Bertz CT molecular complexity index is 851. The van der Waals surface area contributed by atoms with Crippen LogP contribution in [0.25, 0.3) is 16.7 Å². The lowest BCUT2D eigenvalue weighted by Crippen LogP contribution is -2.17. The van der Waals surface area contributed by atoms with E-state index in [0.29, 0.717) is 4.60 Å². The van der Waals surface area contributed by atoms with E-state index in [2.05, 4.69) is 31.0 Å². The summed E-state index contributed by atoms with van der Waals surface area (Å²) in [4.78, 5) is 19.3. The molecule has 0 atom stereocenters. The van der Waals surface area contributed by atoms with Crippen LogP contribution in [0.1, 0.15) is 5.69 Å². The molecular formula is C10H4BrF3N4O. The van der Waals surface area contributed by atoms with Crippen LogP contribution in [-0.4, -0.2) is 19.6 Å². The summed E-state index contributed by atoms with van der Waals surface area (Å²) < 4.78 is 39.3. The van der Waals surface area contributed by atoms with E-state index in [1.165, 1.54) is 6.07 Å². The zero-order valence-corrected chi connectivity index (χ0v) is 10.6. The Labute approximate surface area is 111 Å². The van der Waals surface area contributed by atoms with Gasteiger partial charge in [0.2, 0.25) is 0 Å². The molecule has 98 valence electrons. The second kappa shape index (κ2) is 3.80. The fraction of sp³-hybridized carbons (Fsp3) is 0.100. The quantitative estimate of drug-likeness (QED) is 0.687. The average molecular weight is 333 g/mol. The lowest BCUT2D eigenvalue weighted by molar-refractivity contribution is -0.141. The van der Waals surface area contributed by atoms with E-state index in [-0.39, 0.29) is 16.7 Å². The van der Waals surface area contributed by atoms with E-state index < -0.39 is 17.4 Å². The van der Waals surface area contributed by atoms with Gasteiger partial charge < -0.3 is 0 Å². The molecule has 0 spiro atoms. The average Bonchev–Trinajstić information content (AvgIpc) is 2.68. The van der Waals surface area contributed by atoms with Gasteiger partial charge in [-0.25, -0.2) is 9.97 Å². The highest BCUT2D eigenvalue weighted by molar-refractivity contribution is 9.10. The number of aromatic nitrogens is 4. The predicted molar refractivity (Wildman–Crippen MR) is 63.8 cm³/mol. The monoisotopic (exact) mass is 332 g/mol. The van der Waals surface area contributed by atoms with Gasteiger partial charge in [0.05, 0.1) is 5.39 Å². The first kappa shape index (κ1) is 12.2. The van der Waals surface area contributed by atoms with Crippen LogP contribution in [0.4, 0.5) is 13.2 Å². The lowest BCUT2D eigenvalue weighted by atomic mass is 10.3. The van der Waals surface area contributed by atoms with Crippen LogP contribution >= 0.6 is 15.9 Å². The molecule has 0 aliphatic carbocycles. The minimum absolute atomic E-state index is 0.0138. The van der Waals surface area contributed by atoms with Gasteiger partial charge in [0.1, 0.15) is 10.3 Å². The van der Waals surface area contributed by atoms with Crippen LogP contribution in [0, 0.1) is 0 Å². The van der Waals surface area contributed by atoms with Crippen molar-refractivity contribution in [2.75, 3.05) is 0 Å². The molecule has 9 heteroatoms. The summed E-state index contributed by atoms with van der Waals surface area (Å²) in [6.07, 6.45) is -4.57. The molecule has 0 unspecified atom stereocenters. The van der Waals surface area contributed by atoms with E-state index in [0.717, 1.165) is 16.6 Å². The van der Waals surface area contributed by atoms with Crippen LogP contribution in [0.2, 0.25) is 0 Å². The van der Waals surface area contributed by atoms with Crippen molar-refractivity contribution in [2.45, 2.75) is 6.18 Å². The molecule has 1 N–H and O–H groups in total. The first-order chi connectivity index (χ1) is 8.86. The Balaban J connectivity index is 2.41. The SMILES string of the molecule is O=c1c2ccc(C(F)(F)F)nc2nc2cc(Br)[nH]n12. The van der Waals surface area contributed by atoms with Crippen molar-refractivity contribution in [2.24, 2.45) is 0 Å². The third-order valence-electron chi connectivity index (χ3n) is 2.52. The number of nitrogens with zero attached hydrogens (tertiary/aromatic N) is 3. The highest BCUT2D eigenvalue weighted by Crippen LogP contribution is 2.28. The maximum absolute atomic E-state index is 12.5. The molecule has 0 saturated carbocycles. The lowest BCUT2D eigenvalue weighted by Gasteiger charge is -2.05. The van der Waals surface area contributed by atoms with Gasteiger partial charge in [-0.3, -0.25) is 9.89 Å². The van der Waals surface area contributed by atoms with Crippen molar-refractivity contribution in [1.29, 1.82) is 0 Å². The number of aromatic amines is 1. The summed E-state index contributed by atoms with van der Waals surface area (Å²) in [5.74, 6) is 0. The van der Waals surface area contributed by atoms with Crippen LogP contribution in [0.3, 0.4) is 0 Å². The molecule has 0 amide bonds. The van der Waals surface area contributed by atoms with Crippen LogP contribution in [-0.2, 0) is 6.18 Å². The number of H-pyrrole nitrogens is 1. The molecule has 0 radical (unpaired) electrons. The van der Waals surface area contributed by atoms with Crippen molar-refractivity contribution in [1.82, 2.24) is 19.6 Å². The fourth-order valence-electron chi connectivity index (χ4n) is 1.70. The number of pyridine rings is 1. The first-order valence-corrected chi connectivity index (χ1v) is 5.81. The first-order valence-electron chi connectivity index (χ1n) is 5.01. The smallest absolute Gasteiger partial charge is 0.283 e. The van der Waals surface area contributed by atoms with Crippen molar-refractivity contribution in [3.8, 4) is 0 Å². The highest BCUT2D eigenvalue weighted by atomic mass is 79.9. The summed E-state index contributed by atoms with van der Waals surface area (Å²) >= 11 is 3.12. The Morgan fingerprint density at radius 2 is 2.00 bits per heavy atom. The summed E-state index contributed by atoms with van der Waals surface area (Å²) in [6, 6.07) is 3.31. The van der Waals surface area contributed by atoms with Gasteiger partial charge in [0.15, 0.2) is 11.3 Å². The summed E-state index contributed by atoms with van der Waals surface area (Å²) in [7, 11) is 0. The molecule has 0 aliphatic rings. The molecular weight excluding hydrogens is 329 g/mol. The van der Waals surface area contributed by atoms with Crippen molar-refractivity contribution >= 4 is 32.6 Å². The van der Waals surface area contributed by atoms with Crippen molar-refractivity contribution in [3.05, 3.63) is 38.9 Å². The van der Waals surface area contributed by atoms with Crippen LogP contribution < -0.4 is 5.56 Å². The van der Waals surface area contributed by atoms with Gasteiger partial charge in [-0.2, -0.15) is 17.7 Å². The molecule has 0 aliphatic heterocycles. The van der Waals surface area contributed by atoms with Gasteiger partial charge in [-0.05, 0) is 28.1 Å². The Morgan fingerprint density at radius 3 is 2.68 bits per heavy atom. The van der Waals surface area contributed by atoms with Gasteiger partial charge in [0.25, 0.3) is 5.56 Å². The molecule has 3 aromatic rings. The van der Waals surface area contributed by atoms with E-state index in [1.807, 2.05) is 0 Å². The van der Waals surface area contributed by atoms with E-state index in [4.69, 9.17) is 0 Å². The Morgan fingerprint density at radius 1 is 1.26 bits per heavy atom. The second-order valence-electron chi connectivity index (χ2n) is 3.78. The molecule has 5 nitrogen and oxygen atoms in total. The minimum atomic E-state index is -4.57. The molecule has 3 aromatic heterocycles. The Kier molecular flexibility index (Phi) is 2.43. The van der Waals surface area contributed by atoms with Crippen LogP contribution in [0.5, 0.6) is 0 Å². The molecule has 3 heterocycles. The van der Waals surface area contributed by atoms with E-state index >= 15 is 0 Å². The fourth-order valence-corrected chi connectivity index (χ4v) is 2.08. The summed E-state index contributed by atoms with van der Waals surface area (Å²) in [5.41, 5.74) is -1.62. The number of halogens is 4. The molecule has 0 bridgehead atoms. The van der Waals surface area contributed by atoms with Gasteiger partial charge in [0, 0.05) is 6.07 Å². The third-order valence-corrected chi connectivity index (χ3v) is 2.93. The van der Waals surface area contributed by atoms with Crippen molar-refractivity contribution < 1.29 is 13.2 Å². The molecule has 0 fully saturated rings. The standard InChI is InChI=1S/C10H4BrF3N4O/c11-6-3-7-16-8-4(9(19)18(7)17-6)1-2-5(15-8)10(12,13)14/h1-3,17H. The third kappa shape index (κ3) is 1.89. The summed E-state index contributed by atoms with van der Waals surface area (Å²) in [5, 5.41) is 2.69. The minimum Gasteiger partial charge on any atom is -0.283 e. The second-order valence-corrected chi connectivity index (χ2v) is 4.63. The largest absolute Gasteiger partial charge is 0.433 e. The van der Waals surface area contributed by atoms with Gasteiger partial charge in [-0.1, -0.05) is 0 Å². The zero-order valence-electron chi connectivity index (χ0n) is 8.99. The molecule has 19 heavy (non-hydrogen) atoms. The highest BCUT2D eigenvalue weighted by Gasteiger charge is 2.32. The Hall–Kier alpha value is -1.90. The van der Waals surface area contributed by atoms with Crippen LogP contribution in [0.15, 0.2) is 27.6 Å². The number of nitrogens with one attached hydrogen (secondary N) is 1. The van der Waals surface area contributed by atoms with Crippen molar-refractivity contribution in [3.63, 3.8) is 0 Å². The number of rotatable bonds is 0. The maximum atomic E-state index is 12.5. The zero-order chi connectivity index (χ0) is 13.8. The number of hydrogen-bond donors (Lipinski definition) is 1. The topological polar surface area (TPSA) is 63.0 Å². The summed E-state index contributed by atoms with van der Waals surface area (Å²) in [6.45, 7) is 0. The normalized spacial score (nSPS) is 12.4. The predicted octanol–water partition coefficient (Wildman–Crippen LogP) is 2.35. The van der Waals surface area contributed by atoms with Gasteiger partial charge in [-0.15, -0.1) is 0 Å². The molecule has 0 saturated heterocycles. The molecule has 0 aromatic carbocycles. The van der Waals surface area contributed by atoms with E-state index in [9.17, 15) is 18.0 Å². The number of fused-ring (bicyclic) bond motifs is 2. The van der Waals surface area contributed by atoms with Gasteiger partial charge >= 0.3 is 6.18 Å². The maximum Gasteiger partial charge on any atom is 0.433 e.